The summed E-state index contributed by atoms with van der Waals surface area (Å²) in [6.07, 6.45) is -3.51. The van der Waals surface area contributed by atoms with Gasteiger partial charge in [-0.15, -0.1) is 23.2 Å². The van der Waals surface area contributed by atoms with Gasteiger partial charge in [0.25, 0.3) is 11.8 Å². The van der Waals surface area contributed by atoms with Crippen molar-refractivity contribution in [1.82, 2.24) is 0 Å². The number of amides is 3. The topological polar surface area (TPSA) is 87.3 Å². The van der Waals surface area contributed by atoms with E-state index in [4.69, 9.17) is 69.6 Å². The summed E-state index contributed by atoms with van der Waals surface area (Å²) in [5, 5.41) is 5.39. The van der Waals surface area contributed by atoms with Gasteiger partial charge in [-0.05, 0) is 35.9 Å². The molecule has 0 radical (unpaired) electrons. The molecule has 0 bridgehead atoms. The minimum Gasteiger partial charge on any atom is -0.326 e. The highest BCUT2D eigenvalue weighted by Crippen LogP contribution is 2.65. The van der Waals surface area contributed by atoms with Gasteiger partial charge >= 0.3 is 6.43 Å². The maximum atomic E-state index is 14.6. The van der Waals surface area contributed by atoms with Crippen LogP contribution in [0.1, 0.15) is 26.1 Å². The van der Waals surface area contributed by atoms with Gasteiger partial charge in [-0.3, -0.25) is 14.4 Å². The van der Waals surface area contributed by atoms with Gasteiger partial charge in [0.05, 0.1) is 42.9 Å². The molecule has 4 rings (SSSR count). The van der Waals surface area contributed by atoms with Crippen LogP contribution in [0.3, 0.4) is 0 Å². The number of hydrogen-bond donors (Lipinski definition) is 3. The van der Waals surface area contributed by atoms with E-state index in [0.29, 0.717) is 11.6 Å². The molecule has 0 aliphatic heterocycles. The Morgan fingerprint density at radius 2 is 1.33 bits per heavy atom. The predicted octanol–water partition coefficient (Wildman–Crippen LogP) is 9.44. The summed E-state index contributed by atoms with van der Waals surface area (Å²) < 4.78 is 66.4. The van der Waals surface area contributed by atoms with E-state index >= 15 is 0 Å². The summed E-state index contributed by atoms with van der Waals surface area (Å²) in [7, 11) is 0. The molecule has 0 aromatic heterocycles. The zero-order valence-corrected chi connectivity index (χ0v) is 24.6. The van der Waals surface area contributed by atoms with E-state index in [-0.39, 0.29) is 31.1 Å². The fraction of sp³-hybridized carbons (Fsp3) is 0.160. The molecular formula is C25H18Cl6F5N3O3. The molecule has 3 N–H and O–H groups in total. The van der Waals surface area contributed by atoms with E-state index in [1.165, 1.54) is 17.4 Å². The van der Waals surface area contributed by atoms with Gasteiger partial charge in [0.2, 0.25) is 5.91 Å². The molecule has 42 heavy (non-hydrogen) atoms. The van der Waals surface area contributed by atoms with Crippen LogP contribution in [-0.4, -0.2) is 28.5 Å². The van der Waals surface area contributed by atoms with Crippen LogP contribution in [0.5, 0.6) is 0 Å². The molecule has 2 atom stereocenters. The molecule has 1 aliphatic carbocycles. The molecule has 3 amide bonds. The lowest BCUT2D eigenvalue weighted by atomic mass is 10.1. The third kappa shape index (κ3) is 6.51. The minimum atomic E-state index is -3.51. The molecule has 1 fully saturated rings. The summed E-state index contributed by atoms with van der Waals surface area (Å²) in [4.78, 5) is 37.1. The Balaban J connectivity index is 0.00000337. The minimum absolute atomic E-state index is 0. The third-order valence-corrected chi connectivity index (χ3v) is 8.52. The Morgan fingerprint density at radius 1 is 0.762 bits per heavy atom. The van der Waals surface area contributed by atoms with Gasteiger partial charge in [-0.25, -0.2) is 13.2 Å². The van der Waals surface area contributed by atoms with Gasteiger partial charge in [0, 0.05) is 22.0 Å². The van der Waals surface area contributed by atoms with Crippen LogP contribution in [0.25, 0.3) is 0 Å². The van der Waals surface area contributed by atoms with Crippen molar-refractivity contribution >= 4 is 104 Å². The third-order valence-electron chi connectivity index (χ3n) is 6.00. The predicted molar refractivity (Wildman–Crippen MR) is 157 cm³/mol. The van der Waals surface area contributed by atoms with Crippen LogP contribution in [0.2, 0.25) is 20.1 Å². The molecule has 17 heteroatoms. The standard InChI is InChI=1S/C25H12Cl6F5N3O3.3H2/c26-10-1-7(2-11(27)20(10)29)17-18(25(17,30)31)23(41)37-8-3-9(19(28)14(34)4-8)22(40)38-15-6-16(13(33)5-12(15)32)39-24(42)21(35)36;;;/h1-6,17-18,21H,(H,37,41)(H,38,40)(H,39,42);3*1H/t17-,18+;;;/m0.../s1. The molecule has 1 saturated carbocycles. The maximum Gasteiger partial charge on any atom is 0.315 e. The number of rotatable bonds is 7. The molecule has 0 spiro atoms. The van der Waals surface area contributed by atoms with Crippen molar-refractivity contribution in [2.75, 3.05) is 16.0 Å². The Hall–Kier alpha value is -2.54. The lowest BCUT2D eigenvalue weighted by Crippen LogP contribution is -2.21. The molecule has 228 valence electrons. The molecule has 0 unspecified atom stereocenters. The second kappa shape index (κ2) is 12.2. The Kier molecular flexibility index (Phi) is 9.42. The normalized spacial score (nSPS) is 17.1. The molecule has 6 nitrogen and oxygen atoms in total. The zero-order chi connectivity index (χ0) is 31.3. The van der Waals surface area contributed by atoms with E-state index in [9.17, 15) is 36.3 Å². The molecular weight excluding hydrogens is 698 g/mol. The Morgan fingerprint density at radius 3 is 1.90 bits per heavy atom. The number of anilines is 3. The van der Waals surface area contributed by atoms with E-state index in [1.807, 2.05) is 5.32 Å². The quantitative estimate of drug-likeness (QED) is 0.129. The molecule has 0 heterocycles. The number of hydrogen-bond acceptors (Lipinski definition) is 3. The van der Waals surface area contributed by atoms with Crippen LogP contribution in [-0.2, 0) is 9.59 Å². The van der Waals surface area contributed by atoms with Crippen LogP contribution >= 0.6 is 69.6 Å². The lowest BCUT2D eigenvalue weighted by molar-refractivity contribution is -0.126. The van der Waals surface area contributed by atoms with Crippen LogP contribution < -0.4 is 16.0 Å². The first-order valence-corrected chi connectivity index (χ1v) is 13.5. The number of carbonyl (C=O) groups excluding carboxylic acids is 3. The number of benzene rings is 3. The smallest absolute Gasteiger partial charge is 0.315 e. The first kappa shape index (κ1) is 32.4. The fourth-order valence-electron chi connectivity index (χ4n) is 3.99. The summed E-state index contributed by atoms with van der Waals surface area (Å²) in [6.45, 7) is 0. The SMILES string of the molecule is O=C(Nc1cc(NC(=O)C(F)F)c(F)cc1F)c1cc(NC(=O)[C@H]2[C@H](c3cc(Cl)c(Cl)c(Cl)c3)C2(Cl)Cl)cc(F)c1Cl.[HH].[HH].[HH]. The van der Waals surface area contributed by atoms with Gasteiger partial charge in [-0.1, -0.05) is 46.4 Å². The van der Waals surface area contributed by atoms with Crippen molar-refractivity contribution in [3.8, 4) is 0 Å². The number of nitrogens with one attached hydrogen (secondary N) is 3. The highest BCUT2D eigenvalue weighted by atomic mass is 35.5. The average Bonchev–Trinajstić information content (AvgIpc) is 3.48. The molecule has 3 aromatic rings. The Labute approximate surface area is 267 Å². The first-order chi connectivity index (χ1) is 19.5. The van der Waals surface area contributed by atoms with Gasteiger partial charge in [0.1, 0.15) is 21.8 Å². The number of carbonyl (C=O) groups is 3. The van der Waals surface area contributed by atoms with Gasteiger partial charge in [-0.2, -0.15) is 8.78 Å². The second-order valence-electron chi connectivity index (χ2n) is 8.79. The van der Waals surface area contributed by atoms with Crippen molar-refractivity contribution in [2.45, 2.75) is 16.7 Å². The summed E-state index contributed by atoms with van der Waals surface area (Å²) >= 11 is 36.6. The van der Waals surface area contributed by atoms with Crippen molar-refractivity contribution in [2.24, 2.45) is 5.92 Å². The second-order valence-corrected chi connectivity index (χ2v) is 11.8. The van der Waals surface area contributed by atoms with Crippen LogP contribution in [0.15, 0.2) is 36.4 Å². The Bertz CT molecular complexity index is 1630. The van der Waals surface area contributed by atoms with Crippen molar-refractivity contribution in [3.63, 3.8) is 0 Å². The molecule has 3 aromatic carbocycles. The van der Waals surface area contributed by atoms with E-state index in [1.54, 1.807) is 0 Å². The summed E-state index contributed by atoms with van der Waals surface area (Å²) in [5.74, 6) is -9.74. The number of halogens is 11. The maximum absolute atomic E-state index is 14.6. The summed E-state index contributed by atoms with van der Waals surface area (Å²) in [5.41, 5.74) is -2.14. The van der Waals surface area contributed by atoms with E-state index in [2.05, 4.69) is 5.32 Å². The van der Waals surface area contributed by atoms with E-state index < -0.39 is 79.7 Å². The van der Waals surface area contributed by atoms with Crippen LogP contribution in [0, 0.1) is 23.4 Å². The highest BCUT2D eigenvalue weighted by Gasteiger charge is 2.67. The van der Waals surface area contributed by atoms with Crippen molar-refractivity contribution in [3.05, 3.63) is 85.1 Å². The van der Waals surface area contributed by atoms with Gasteiger partial charge < -0.3 is 16.0 Å². The van der Waals surface area contributed by atoms with E-state index in [0.717, 1.165) is 12.1 Å². The van der Waals surface area contributed by atoms with Crippen molar-refractivity contribution < 1.29 is 40.6 Å². The van der Waals surface area contributed by atoms with Crippen LogP contribution in [0.4, 0.5) is 39.0 Å². The fourth-order valence-corrected chi connectivity index (χ4v) is 5.62. The molecule has 0 saturated heterocycles. The van der Waals surface area contributed by atoms with Crippen molar-refractivity contribution in [1.29, 1.82) is 0 Å². The summed E-state index contributed by atoms with van der Waals surface area (Å²) in [6, 6.07) is 5.32. The van der Waals surface area contributed by atoms with Gasteiger partial charge in [0.15, 0.2) is 0 Å². The lowest BCUT2D eigenvalue weighted by Gasteiger charge is -2.13. The first-order valence-electron chi connectivity index (χ1n) is 11.2. The zero-order valence-electron chi connectivity index (χ0n) is 20.1. The average molecular weight is 716 g/mol. The largest absolute Gasteiger partial charge is 0.326 e. The molecule has 1 aliphatic rings. The highest BCUT2D eigenvalue weighted by molar-refractivity contribution is 6.54. The monoisotopic (exact) mass is 713 g/mol. The number of alkyl halides is 4.